The minimum absolute atomic E-state index is 0.115. The molecule has 1 aromatic heterocycles. The van der Waals surface area contributed by atoms with Gasteiger partial charge in [0, 0.05) is 41.6 Å². The van der Waals surface area contributed by atoms with E-state index in [0.29, 0.717) is 5.02 Å². The first-order valence-corrected chi connectivity index (χ1v) is 11.0. The highest BCUT2D eigenvalue weighted by atomic mass is 35.5. The molecule has 0 fully saturated rings. The van der Waals surface area contributed by atoms with Crippen molar-refractivity contribution in [2.45, 2.75) is 22.7 Å². The van der Waals surface area contributed by atoms with Crippen molar-refractivity contribution in [1.29, 1.82) is 0 Å². The molecule has 5 nitrogen and oxygen atoms in total. The van der Waals surface area contributed by atoms with E-state index >= 15 is 4.39 Å². The molecule has 0 bridgehead atoms. The van der Waals surface area contributed by atoms with Crippen molar-refractivity contribution in [3.63, 3.8) is 0 Å². The molecule has 2 atom stereocenters. The maximum absolute atomic E-state index is 16.5. The predicted molar refractivity (Wildman–Crippen MR) is 110 cm³/mol. The van der Waals surface area contributed by atoms with Crippen LogP contribution in [0.25, 0.3) is 10.9 Å². The summed E-state index contributed by atoms with van der Waals surface area (Å²) in [6.07, 6.45) is 0.238. The molecule has 0 radical (unpaired) electrons. The number of carbonyl (C=O) groups excluding carboxylic acids is 1. The number of fused-ring (bicyclic) bond motifs is 3. The normalized spacial score (nSPS) is 18.4. The van der Waals surface area contributed by atoms with Gasteiger partial charge in [-0.25, -0.2) is 12.8 Å². The molecule has 1 N–H and O–H groups in total. The second-order valence-corrected chi connectivity index (χ2v) is 10.0. The SMILES string of the molecule is CN(C)C(=O)[C@](F)([C@H]1Cc2[nH]c3ccc(Cl)cc3c2C1)S(=O)(=O)c1ccccc1. The second kappa shape index (κ2) is 6.85. The quantitative estimate of drug-likeness (QED) is 0.679. The first-order chi connectivity index (χ1) is 13.7. The third-order valence-corrected chi connectivity index (χ3v) is 7.94. The molecule has 1 heterocycles. The minimum atomic E-state index is -4.58. The van der Waals surface area contributed by atoms with Gasteiger partial charge < -0.3 is 9.88 Å². The van der Waals surface area contributed by atoms with Crippen LogP contribution in [0.15, 0.2) is 53.4 Å². The minimum Gasteiger partial charge on any atom is -0.358 e. The first-order valence-electron chi connectivity index (χ1n) is 9.15. The Balaban J connectivity index is 1.83. The lowest BCUT2D eigenvalue weighted by Gasteiger charge is -2.32. The van der Waals surface area contributed by atoms with E-state index in [1.54, 1.807) is 18.2 Å². The lowest BCUT2D eigenvalue weighted by molar-refractivity contribution is -0.138. The maximum atomic E-state index is 16.5. The van der Waals surface area contributed by atoms with E-state index in [2.05, 4.69) is 4.98 Å². The second-order valence-electron chi connectivity index (χ2n) is 7.54. The summed E-state index contributed by atoms with van der Waals surface area (Å²) >= 11 is 6.10. The number of H-pyrrole nitrogens is 1. The van der Waals surface area contributed by atoms with E-state index in [0.717, 1.165) is 27.1 Å². The van der Waals surface area contributed by atoms with Crippen LogP contribution in [-0.4, -0.2) is 43.3 Å². The number of rotatable bonds is 4. The van der Waals surface area contributed by atoms with Gasteiger partial charge in [0.15, 0.2) is 0 Å². The van der Waals surface area contributed by atoms with Crippen LogP contribution < -0.4 is 0 Å². The van der Waals surface area contributed by atoms with Crippen molar-refractivity contribution in [1.82, 2.24) is 9.88 Å². The number of aromatic amines is 1. The van der Waals surface area contributed by atoms with Crippen molar-refractivity contribution in [3.05, 3.63) is 64.8 Å². The zero-order chi connectivity index (χ0) is 21.0. The van der Waals surface area contributed by atoms with E-state index in [1.165, 1.54) is 38.4 Å². The number of hydrogen-bond acceptors (Lipinski definition) is 3. The molecule has 0 unspecified atom stereocenters. The monoisotopic (exact) mass is 434 g/mol. The van der Waals surface area contributed by atoms with Crippen LogP contribution in [0, 0.1) is 5.92 Å². The largest absolute Gasteiger partial charge is 0.358 e. The summed E-state index contributed by atoms with van der Waals surface area (Å²) in [5.41, 5.74) is 2.40. The molecule has 1 amide bonds. The van der Waals surface area contributed by atoms with E-state index in [4.69, 9.17) is 11.6 Å². The van der Waals surface area contributed by atoms with Gasteiger partial charge in [0.05, 0.1) is 4.90 Å². The van der Waals surface area contributed by atoms with Crippen molar-refractivity contribution in [3.8, 4) is 0 Å². The van der Waals surface area contributed by atoms with Crippen molar-refractivity contribution in [2.75, 3.05) is 14.1 Å². The summed E-state index contributed by atoms with van der Waals surface area (Å²) in [7, 11) is -1.86. The summed E-state index contributed by atoms with van der Waals surface area (Å²) in [6, 6.07) is 12.7. The number of alkyl halides is 1. The average Bonchev–Trinajstić information content (AvgIpc) is 3.25. The Bertz CT molecular complexity index is 1210. The van der Waals surface area contributed by atoms with Gasteiger partial charge in [-0.1, -0.05) is 29.8 Å². The number of hydrogen-bond donors (Lipinski definition) is 1. The number of nitrogens with zero attached hydrogens (tertiary/aromatic N) is 1. The molecule has 8 heteroatoms. The number of nitrogens with one attached hydrogen (secondary N) is 1. The van der Waals surface area contributed by atoms with Crippen molar-refractivity contribution < 1.29 is 17.6 Å². The Morgan fingerprint density at radius 3 is 2.52 bits per heavy atom. The number of amides is 1. The van der Waals surface area contributed by atoms with Crippen LogP contribution in [0.1, 0.15) is 11.3 Å². The third kappa shape index (κ3) is 2.95. The van der Waals surface area contributed by atoms with Gasteiger partial charge in [0.25, 0.3) is 10.9 Å². The van der Waals surface area contributed by atoms with E-state index in [1.807, 2.05) is 6.07 Å². The molecule has 4 rings (SSSR count). The highest BCUT2D eigenvalue weighted by molar-refractivity contribution is 7.93. The zero-order valence-corrected chi connectivity index (χ0v) is 17.5. The smallest absolute Gasteiger partial charge is 0.295 e. The van der Waals surface area contributed by atoms with Crippen LogP contribution >= 0.6 is 11.6 Å². The molecule has 2 aromatic carbocycles. The number of carbonyl (C=O) groups is 1. The Labute approximate surface area is 173 Å². The molecule has 0 saturated carbocycles. The fourth-order valence-electron chi connectivity index (χ4n) is 4.10. The standard InChI is InChI=1S/C21H20ClFN2O3S/c1-25(2)20(26)21(23,29(27,28)15-6-4-3-5-7-15)13-10-16-17-12-14(22)8-9-18(17)24-19(16)11-13/h3-9,12-13,24H,10-11H2,1-2H3/t13-,21+/m1/s1. The molecule has 3 aromatic rings. The Morgan fingerprint density at radius 1 is 1.17 bits per heavy atom. The van der Waals surface area contributed by atoms with Gasteiger partial charge in [0.1, 0.15) is 0 Å². The highest BCUT2D eigenvalue weighted by Crippen LogP contribution is 2.45. The van der Waals surface area contributed by atoms with Crippen molar-refractivity contribution in [2.24, 2.45) is 5.92 Å². The Hall–Kier alpha value is -2.38. The molecule has 0 saturated heterocycles. The Morgan fingerprint density at radius 2 is 1.86 bits per heavy atom. The lowest BCUT2D eigenvalue weighted by Crippen LogP contribution is -2.54. The van der Waals surface area contributed by atoms with E-state index in [-0.39, 0.29) is 17.7 Å². The van der Waals surface area contributed by atoms with Gasteiger partial charge in [-0.05, 0) is 48.7 Å². The predicted octanol–water partition coefficient (Wildman–Crippen LogP) is 3.76. The summed E-state index contributed by atoms with van der Waals surface area (Å²) in [5, 5.41) is -1.72. The van der Waals surface area contributed by atoms with Gasteiger partial charge in [-0.15, -0.1) is 0 Å². The molecule has 1 aliphatic rings. The van der Waals surface area contributed by atoms with Gasteiger partial charge >= 0.3 is 0 Å². The molecule has 0 spiro atoms. The molecule has 0 aliphatic heterocycles. The van der Waals surface area contributed by atoms with Crippen LogP contribution in [0.2, 0.25) is 5.02 Å². The fraction of sp³-hybridized carbons (Fsp3) is 0.286. The highest BCUT2D eigenvalue weighted by Gasteiger charge is 2.60. The number of halogens is 2. The van der Waals surface area contributed by atoms with Gasteiger partial charge in [0.2, 0.25) is 9.84 Å². The number of sulfone groups is 1. The van der Waals surface area contributed by atoms with E-state index < -0.39 is 26.7 Å². The van der Waals surface area contributed by atoms with Crippen LogP contribution in [0.4, 0.5) is 4.39 Å². The summed E-state index contributed by atoms with van der Waals surface area (Å²) in [5.74, 6) is -2.12. The molecule has 1 aliphatic carbocycles. The first kappa shape index (κ1) is 19.9. The van der Waals surface area contributed by atoms with Crippen LogP contribution in [0.3, 0.4) is 0 Å². The van der Waals surface area contributed by atoms with Crippen molar-refractivity contribution >= 4 is 38.2 Å². The fourth-order valence-corrected chi connectivity index (χ4v) is 6.14. The van der Waals surface area contributed by atoms with Crippen LogP contribution in [0.5, 0.6) is 0 Å². The number of benzene rings is 2. The summed E-state index contributed by atoms with van der Waals surface area (Å²) in [6.45, 7) is 0. The zero-order valence-electron chi connectivity index (χ0n) is 15.9. The van der Waals surface area contributed by atoms with E-state index in [9.17, 15) is 13.2 Å². The Kier molecular flexibility index (Phi) is 4.70. The number of aromatic nitrogens is 1. The molecule has 152 valence electrons. The van der Waals surface area contributed by atoms with Gasteiger partial charge in [-0.3, -0.25) is 4.79 Å². The van der Waals surface area contributed by atoms with Gasteiger partial charge in [-0.2, -0.15) is 0 Å². The molecule has 29 heavy (non-hydrogen) atoms. The third-order valence-electron chi connectivity index (χ3n) is 5.53. The average molecular weight is 435 g/mol. The van der Waals surface area contributed by atoms with Crippen LogP contribution in [-0.2, 0) is 27.5 Å². The topological polar surface area (TPSA) is 70.2 Å². The maximum Gasteiger partial charge on any atom is 0.295 e. The summed E-state index contributed by atoms with van der Waals surface area (Å²) < 4.78 is 43.2. The molecular formula is C21H20ClFN2O3S. The molecular weight excluding hydrogens is 415 g/mol. The lowest BCUT2D eigenvalue weighted by atomic mass is 9.97. The summed E-state index contributed by atoms with van der Waals surface area (Å²) in [4.78, 5) is 16.9.